The van der Waals surface area contributed by atoms with Crippen LogP contribution in [-0.2, 0) is 4.79 Å². The third-order valence-electron chi connectivity index (χ3n) is 9.04. The van der Waals surface area contributed by atoms with Crippen molar-refractivity contribution in [2.75, 3.05) is 57.7 Å². The van der Waals surface area contributed by atoms with Crippen molar-refractivity contribution in [1.29, 1.82) is 0 Å². The molecule has 2 fully saturated rings. The van der Waals surface area contributed by atoms with Gasteiger partial charge < -0.3 is 24.4 Å². The van der Waals surface area contributed by atoms with Crippen LogP contribution in [0, 0.1) is 12.3 Å². The quantitative estimate of drug-likeness (QED) is 0.170. The summed E-state index contributed by atoms with van der Waals surface area (Å²) >= 11 is 13.6. The van der Waals surface area contributed by atoms with E-state index in [4.69, 9.17) is 48.8 Å². The van der Waals surface area contributed by atoms with Gasteiger partial charge in [0.05, 0.1) is 60.4 Å². The third-order valence-corrected chi connectivity index (χ3v) is 9.80. The summed E-state index contributed by atoms with van der Waals surface area (Å²) in [6.45, 7) is 3.64. The molecule has 1 saturated carbocycles. The van der Waals surface area contributed by atoms with E-state index in [2.05, 4.69) is 26.0 Å². The number of carbonyl (C=O) groups excluding carboxylic acids is 1. The summed E-state index contributed by atoms with van der Waals surface area (Å²) in [5.41, 5.74) is 5.63. The smallest absolute Gasteiger partial charge is 0.236 e. The second kappa shape index (κ2) is 13.1. The summed E-state index contributed by atoms with van der Waals surface area (Å²) < 4.78 is 18.9. The highest BCUT2D eigenvalue weighted by molar-refractivity contribution is 6.41. The van der Waals surface area contributed by atoms with Gasteiger partial charge >= 0.3 is 0 Å². The van der Waals surface area contributed by atoms with Crippen LogP contribution >= 0.6 is 23.2 Å². The second-order valence-corrected chi connectivity index (χ2v) is 12.6. The summed E-state index contributed by atoms with van der Waals surface area (Å²) in [5.74, 6) is 3.68. The van der Waals surface area contributed by atoms with Crippen molar-refractivity contribution in [2.24, 2.45) is 0 Å². The van der Waals surface area contributed by atoms with Crippen molar-refractivity contribution in [2.45, 2.75) is 25.3 Å². The van der Waals surface area contributed by atoms with Gasteiger partial charge in [0.1, 0.15) is 22.9 Å². The van der Waals surface area contributed by atoms with E-state index in [-0.39, 0.29) is 12.3 Å². The molecule has 4 heterocycles. The number of pyridine rings is 2. The fourth-order valence-electron chi connectivity index (χ4n) is 6.50. The van der Waals surface area contributed by atoms with E-state index in [1.165, 1.54) is 27.1 Å². The molecule has 0 atom stereocenters. The number of benzene rings is 2. The van der Waals surface area contributed by atoms with E-state index < -0.39 is 0 Å². The van der Waals surface area contributed by atoms with E-state index in [1.807, 2.05) is 34.9 Å². The van der Waals surface area contributed by atoms with Crippen LogP contribution in [0.4, 0.5) is 11.4 Å². The number of methoxy groups -OCH3 is 3. The van der Waals surface area contributed by atoms with E-state index in [9.17, 15) is 4.79 Å². The van der Waals surface area contributed by atoms with Gasteiger partial charge in [-0.15, -0.1) is 6.42 Å². The molecule has 1 N–H and O–H groups in total. The summed E-state index contributed by atoms with van der Waals surface area (Å²) in [6.07, 6.45) is 13.4. The number of hydrogen-bond acceptors (Lipinski definition) is 8. The zero-order valence-electron chi connectivity index (χ0n) is 26.8. The van der Waals surface area contributed by atoms with Crippen LogP contribution in [0.15, 0.2) is 48.9 Å². The highest BCUT2D eigenvalue weighted by Crippen LogP contribution is 2.48. The van der Waals surface area contributed by atoms with Gasteiger partial charge in [-0.3, -0.25) is 19.1 Å². The van der Waals surface area contributed by atoms with Gasteiger partial charge in [0.15, 0.2) is 0 Å². The Hall–Kier alpha value is -4.69. The molecule has 1 aliphatic carbocycles. The van der Waals surface area contributed by atoms with Crippen LogP contribution in [0.2, 0.25) is 10.0 Å². The Balaban J connectivity index is 1.34. The topological polar surface area (TPSA) is 93.5 Å². The van der Waals surface area contributed by atoms with Crippen molar-refractivity contribution in [1.82, 2.24) is 19.3 Å². The Labute approximate surface area is 288 Å². The van der Waals surface area contributed by atoms with Gasteiger partial charge in [0.2, 0.25) is 5.91 Å². The maximum Gasteiger partial charge on any atom is 0.236 e. The number of ether oxygens (including phenoxy) is 3. The van der Waals surface area contributed by atoms with Gasteiger partial charge in [0.25, 0.3) is 0 Å². The maximum atomic E-state index is 12.8. The molecule has 1 aliphatic heterocycles. The minimum absolute atomic E-state index is 0.0291. The zero-order valence-corrected chi connectivity index (χ0v) is 28.4. The highest BCUT2D eigenvalue weighted by Gasteiger charge is 2.32. The summed E-state index contributed by atoms with van der Waals surface area (Å²) in [5, 5.41) is 4.56. The number of aromatic nitrogens is 3. The fourth-order valence-corrected chi connectivity index (χ4v) is 7.20. The average Bonchev–Trinajstić information content (AvgIpc) is 3.83. The molecule has 10 nitrogen and oxygen atoms in total. The molecule has 0 unspecified atom stereocenters. The summed E-state index contributed by atoms with van der Waals surface area (Å²) in [6, 6.07) is 10.2. The lowest BCUT2D eigenvalue weighted by Crippen LogP contribution is -2.47. The largest absolute Gasteiger partial charge is 0.496 e. The van der Waals surface area contributed by atoms with Gasteiger partial charge in [-0.05, 0) is 31.0 Å². The van der Waals surface area contributed by atoms with Crippen LogP contribution < -0.4 is 24.4 Å². The lowest BCUT2D eigenvalue weighted by molar-refractivity contribution is -0.115. The maximum absolute atomic E-state index is 12.8. The molecule has 0 spiro atoms. The van der Waals surface area contributed by atoms with Crippen LogP contribution in [0.1, 0.15) is 19.3 Å². The first-order chi connectivity index (χ1) is 23.3. The van der Waals surface area contributed by atoms with E-state index in [0.717, 1.165) is 48.3 Å². The van der Waals surface area contributed by atoms with Crippen LogP contribution in [0.25, 0.3) is 38.9 Å². The number of nitrogens with zero attached hydrogens (tertiary/aromatic N) is 5. The number of halogens is 2. The molecule has 246 valence electrons. The summed E-state index contributed by atoms with van der Waals surface area (Å²) in [7, 11) is 4.72. The van der Waals surface area contributed by atoms with Gasteiger partial charge in [-0.2, -0.15) is 0 Å². The predicted molar refractivity (Wildman–Crippen MR) is 190 cm³/mol. The number of rotatable bonds is 9. The number of imidazole rings is 1. The molecule has 5 aromatic rings. The second-order valence-electron chi connectivity index (χ2n) is 11.8. The Morgan fingerprint density at radius 3 is 2.29 bits per heavy atom. The predicted octanol–water partition coefficient (Wildman–Crippen LogP) is 6.80. The molecule has 0 radical (unpaired) electrons. The van der Waals surface area contributed by atoms with Gasteiger partial charge in [0, 0.05) is 85.0 Å². The first-order valence-corrected chi connectivity index (χ1v) is 16.4. The fraction of sp³-hybridized carbons (Fsp3) is 0.306. The SMILES string of the molecule is C#CCC(=O)Nc1cc(-c2cc3c(cn2)cc(-c2c(Cl)c(OC)cc(OC)c2Cl)c2nccn23)c(OC)cc1N1CCN(C2CC2)CC1. The Kier molecular flexibility index (Phi) is 8.69. The number of terminal acetylenes is 1. The average molecular weight is 686 g/mol. The van der Waals surface area contributed by atoms with Crippen molar-refractivity contribution in [3.8, 4) is 52.0 Å². The molecule has 12 heteroatoms. The van der Waals surface area contributed by atoms with E-state index in [1.54, 1.807) is 25.6 Å². The normalized spacial score (nSPS) is 15.0. The summed E-state index contributed by atoms with van der Waals surface area (Å²) in [4.78, 5) is 27.2. The van der Waals surface area contributed by atoms with Gasteiger partial charge in [-0.25, -0.2) is 4.98 Å². The number of fused-ring (bicyclic) bond motifs is 3. The van der Waals surface area contributed by atoms with Crippen molar-refractivity contribution < 1.29 is 19.0 Å². The number of nitrogens with one attached hydrogen (secondary N) is 1. The Morgan fingerprint density at radius 2 is 1.65 bits per heavy atom. The van der Waals surface area contributed by atoms with Crippen molar-refractivity contribution >= 4 is 57.0 Å². The molecule has 1 saturated heterocycles. The Morgan fingerprint density at radius 1 is 0.938 bits per heavy atom. The van der Waals surface area contributed by atoms with Crippen molar-refractivity contribution in [3.05, 3.63) is 59.0 Å². The molecular formula is C36H34Cl2N6O4. The minimum Gasteiger partial charge on any atom is -0.496 e. The molecule has 0 bridgehead atoms. The van der Waals surface area contributed by atoms with E-state index >= 15 is 0 Å². The van der Waals surface area contributed by atoms with Gasteiger partial charge in [-0.1, -0.05) is 29.1 Å². The molecule has 2 aliphatic rings. The number of carbonyl (C=O) groups is 1. The molecule has 3 aromatic heterocycles. The third kappa shape index (κ3) is 5.72. The van der Waals surface area contributed by atoms with Crippen LogP contribution in [-0.4, -0.2) is 78.7 Å². The lowest BCUT2D eigenvalue weighted by Gasteiger charge is -2.37. The molecule has 7 rings (SSSR count). The van der Waals surface area contributed by atoms with E-state index in [0.29, 0.717) is 61.5 Å². The lowest BCUT2D eigenvalue weighted by atomic mass is 10.0. The highest BCUT2D eigenvalue weighted by atomic mass is 35.5. The number of anilines is 2. The Bertz CT molecular complexity index is 2070. The van der Waals surface area contributed by atoms with Crippen LogP contribution in [0.5, 0.6) is 17.2 Å². The monoisotopic (exact) mass is 684 g/mol. The zero-order chi connectivity index (χ0) is 33.5. The minimum atomic E-state index is -0.253. The number of piperazine rings is 1. The standard InChI is InChI=1S/C36H34Cl2N6O4/c1-5-6-32(45)41-26-16-23(29(46-2)18-28(26)43-13-11-42(12-14-43)22-7-8-22)25-17-27-21(20-40-25)15-24(36-39-9-10-44(27)36)33-34(37)30(47-3)19-31(48-4)35(33)38/h1,9-10,15-20,22H,6-8,11-14H2,2-4H3,(H,41,45). The molecule has 48 heavy (non-hydrogen) atoms. The first kappa shape index (κ1) is 31.9. The number of amides is 1. The number of hydrogen-bond donors (Lipinski definition) is 1. The first-order valence-electron chi connectivity index (χ1n) is 15.7. The molecule has 2 aromatic carbocycles. The molecular weight excluding hydrogens is 651 g/mol. The van der Waals surface area contributed by atoms with Crippen LogP contribution in [0.3, 0.4) is 0 Å². The van der Waals surface area contributed by atoms with Crippen molar-refractivity contribution in [3.63, 3.8) is 0 Å². The molecule has 1 amide bonds.